The summed E-state index contributed by atoms with van der Waals surface area (Å²) < 4.78 is 4.86. The molecule has 2 rings (SSSR count). The Morgan fingerprint density at radius 3 is 2.67 bits per heavy atom. The van der Waals surface area contributed by atoms with Crippen LogP contribution in [0.2, 0.25) is 0 Å². The molecule has 4 heteroatoms. The van der Waals surface area contributed by atoms with Gasteiger partial charge in [-0.3, -0.25) is 9.59 Å². The van der Waals surface area contributed by atoms with Crippen LogP contribution in [0.4, 0.5) is 0 Å². The van der Waals surface area contributed by atoms with Crippen molar-refractivity contribution in [2.45, 2.75) is 29.4 Å². The summed E-state index contributed by atoms with van der Waals surface area (Å²) in [6.07, 6.45) is 1.88. The number of Topliss-reactive ketones (excluding diaryl/α,β-unsaturated/α-hetero) is 1. The maximum absolute atomic E-state index is 11.9. The summed E-state index contributed by atoms with van der Waals surface area (Å²) >= 11 is 1.49. The number of rotatable bonds is 4. The second kappa shape index (κ2) is 6.05. The molecule has 1 aromatic rings. The molecule has 0 radical (unpaired) electrons. The summed E-state index contributed by atoms with van der Waals surface area (Å²) in [7, 11) is 1.40. The van der Waals surface area contributed by atoms with E-state index in [2.05, 4.69) is 0 Å². The fourth-order valence-corrected chi connectivity index (χ4v) is 3.42. The smallest absolute Gasteiger partial charge is 0.319 e. The van der Waals surface area contributed by atoms with Crippen LogP contribution in [-0.4, -0.2) is 24.1 Å². The molecule has 0 saturated heterocycles. The third-order valence-electron chi connectivity index (χ3n) is 3.15. The van der Waals surface area contributed by atoms with E-state index in [9.17, 15) is 9.59 Å². The number of ketones is 1. The van der Waals surface area contributed by atoms with Crippen LogP contribution in [-0.2, 0) is 14.3 Å². The standard InChI is InChI=1S/C14H16O3S/c1-17-14(16)13(10-7-8-11(15)9-10)18-12-5-3-2-4-6-12/h2-6,10,13H,7-9H2,1H3/t10-,13?/m0/s1. The second-order valence-electron chi connectivity index (χ2n) is 4.42. The normalized spacial score (nSPS) is 20.7. The highest BCUT2D eigenvalue weighted by molar-refractivity contribution is 8.00. The van der Waals surface area contributed by atoms with Gasteiger partial charge in [-0.1, -0.05) is 18.2 Å². The van der Waals surface area contributed by atoms with Crippen LogP contribution < -0.4 is 0 Å². The van der Waals surface area contributed by atoms with Gasteiger partial charge in [-0.2, -0.15) is 0 Å². The van der Waals surface area contributed by atoms with Crippen LogP contribution in [0, 0.1) is 5.92 Å². The third kappa shape index (κ3) is 3.13. The number of esters is 1. The van der Waals surface area contributed by atoms with Gasteiger partial charge in [-0.25, -0.2) is 0 Å². The largest absolute Gasteiger partial charge is 0.468 e. The van der Waals surface area contributed by atoms with E-state index in [-0.39, 0.29) is 22.9 Å². The molecule has 0 bridgehead atoms. The summed E-state index contributed by atoms with van der Waals surface area (Å²) in [5.41, 5.74) is 0. The number of methoxy groups -OCH3 is 1. The summed E-state index contributed by atoms with van der Waals surface area (Å²) in [5.74, 6) is 0.126. The summed E-state index contributed by atoms with van der Waals surface area (Å²) in [6, 6.07) is 9.76. The molecule has 0 spiro atoms. The maximum atomic E-state index is 11.9. The maximum Gasteiger partial charge on any atom is 0.319 e. The van der Waals surface area contributed by atoms with Gasteiger partial charge in [-0.15, -0.1) is 11.8 Å². The number of thioether (sulfide) groups is 1. The molecular weight excluding hydrogens is 248 g/mol. The lowest BCUT2D eigenvalue weighted by molar-refractivity contribution is -0.140. The Labute approximate surface area is 111 Å². The zero-order chi connectivity index (χ0) is 13.0. The summed E-state index contributed by atoms with van der Waals surface area (Å²) in [4.78, 5) is 24.3. The van der Waals surface area contributed by atoms with E-state index in [0.29, 0.717) is 12.8 Å². The molecule has 1 fully saturated rings. The van der Waals surface area contributed by atoms with E-state index in [1.807, 2.05) is 30.3 Å². The lowest BCUT2D eigenvalue weighted by Crippen LogP contribution is -2.26. The molecule has 0 aromatic heterocycles. The van der Waals surface area contributed by atoms with Gasteiger partial charge in [0.1, 0.15) is 11.0 Å². The molecule has 1 aromatic carbocycles. The van der Waals surface area contributed by atoms with Gasteiger partial charge in [0.2, 0.25) is 0 Å². The van der Waals surface area contributed by atoms with Crippen molar-refractivity contribution in [3.05, 3.63) is 30.3 Å². The Balaban J connectivity index is 2.10. The lowest BCUT2D eigenvalue weighted by Gasteiger charge is -2.19. The highest BCUT2D eigenvalue weighted by Crippen LogP contribution is 2.36. The summed E-state index contributed by atoms with van der Waals surface area (Å²) in [6.45, 7) is 0. The molecule has 1 aliphatic rings. The van der Waals surface area contributed by atoms with Crippen molar-refractivity contribution in [3.8, 4) is 0 Å². The predicted molar refractivity (Wildman–Crippen MR) is 70.5 cm³/mol. The zero-order valence-corrected chi connectivity index (χ0v) is 11.1. The van der Waals surface area contributed by atoms with E-state index in [4.69, 9.17) is 4.74 Å². The lowest BCUT2D eigenvalue weighted by atomic mass is 10.0. The van der Waals surface area contributed by atoms with Crippen LogP contribution in [0.25, 0.3) is 0 Å². The van der Waals surface area contributed by atoms with Crippen LogP contribution in [0.15, 0.2) is 35.2 Å². The van der Waals surface area contributed by atoms with Crippen molar-refractivity contribution in [3.63, 3.8) is 0 Å². The van der Waals surface area contributed by atoms with Crippen molar-refractivity contribution in [1.29, 1.82) is 0 Å². The highest BCUT2D eigenvalue weighted by Gasteiger charge is 2.35. The molecule has 0 amide bonds. The van der Waals surface area contributed by atoms with Gasteiger partial charge >= 0.3 is 5.97 Å². The SMILES string of the molecule is COC(=O)C(Sc1ccccc1)[C@H]1CCC(=O)C1. The molecule has 18 heavy (non-hydrogen) atoms. The molecule has 0 heterocycles. The molecule has 2 atom stereocenters. The Kier molecular flexibility index (Phi) is 4.42. The van der Waals surface area contributed by atoms with E-state index in [1.54, 1.807) is 0 Å². The van der Waals surface area contributed by atoms with Crippen molar-refractivity contribution >= 4 is 23.5 Å². The minimum Gasteiger partial charge on any atom is -0.468 e. The molecule has 1 unspecified atom stereocenters. The summed E-state index contributed by atoms with van der Waals surface area (Å²) in [5, 5.41) is -0.274. The number of carbonyl (C=O) groups is 2. The number of hydrogen-bond acceptors (Lipinski definition) is 4. The minimum absolute atomic E-state index is 0.107. The Morgan fingerprint density at radius 2 is 2.11 bits per heavy atom. The van der Waals surface area contributed by atoms with Gasteiger partial charge in [0.05, 0.1) is 7.11 Å². The molecule has 1 aliphatic carbocycles. The van der Waals surface area contributed by atoms with Gasteiger partial charge in [0.15, 0.2) is 0 Å². The number of hydrogen-bond donors (Lipinski definition) is 0. The molecule has 96 valence electrons. The van der Waals surface area contributed by atoms with Crippen LogP contribution in [0.5, 0.6) is 0 Å². The molecule has 0 N–H and O–H groups in total. The Bertz CT molecular complexity index is 430. The van der Waals surface area contributed by atoms with E-state index in [0.717, 1.165) is 11.3 Å². The Hall–Kier alpha value is -1.29. The fourth-order valence-electron chi connectivity index (χ4n) is 2.20. The molecule has 0 aliphatic heterocycles. The first-order valence-electron chi connectivity index (χ1n) is 6.02. The topological polar surface area (TPSA) is 43.4 Å². The van der Waals surface area contributed by atoms with Crippen molar-refractivity contribution in [1.82, 2.24) is 0 Å². The van der Waals surface area contributed by atoms with Crippen molar-refractivity contribution < 1.29 is 14.3 Å². The first kappa shape index (κ1) is 13.1. The first-order chi connectivity index (χ1) is 8.70. The van der Waals surface area contributed by atoms with Crippen LogP contribution >= 0.6 is 11.8 Å². The predicted octanol–water partition coefficient (Wildman–Crippen LogP) is 2.69. The second-order valence-corrected chi connectivity index (χ2v) is 5.63. The third-order valence-corrected chi connectivity index (χ3v) is 4.53. The molecular formula is C14H16O3S. The number of carbonyl (C=O) groups excluding carboxylic acids is 2. The van der Waals surface area contributed by atoms with Gasteiger partial charge in [0, 0.05) is 17.7 Å². The van der Waals surface area contributed by atoms with E-state index < -0.39 is 0 Å². The monoisotopic (exact) mass is 264 g/mol. The zero-order valence-electron chi connectivity index (χ0n) is 10.3. The average Bonchev–Trinajstić information content (AvgIpc) is 2.83. The van der Waals surface area contributed by atoms with Crippen LogP contribution in [0.3, 0.4) is 0 Å². The van der Waals surface area contributed by atoms with E-state index in [1.165, 1.54) is 18.9 Å². The minimum atomic E-state index is -0.274. The quantitative estimate of drug-likeness (QED) is 0.619. The van der Waals surface area contributed by atoms with Crippen molar-refractivity contribution in [2.75, 3.05) is 7.11 Å². The average molecular weight is 264 g/mol. The molecule has 1 saturated carbocycles. The fraction of sp³-hybridized carbons (Fsp3) is 0.429. The number of ether oxygens (including phenoxy) is 1. The van der Waals surface area contributed by atoms with Gasteiger partial charge in [-0.05, 0) is 24.5 Å². The molecule has 3 nitrogen and oxygen atoms in total. The van der Waals surface area contributed by atoms with E-state index >= 15 is 0 Å². The first-order valence-corrected chi connectivity index (χ1v) is 6.90. The Morgan fingerprint density at radius 1 is 1.39 bits per heavy atom. The van der Waals surface area contributed by atoms with Crippen LogP contribution in [0.1, 0.15) is 19.3 Å². The number of benzene rings is 1. The highest BCUT2D eigenvalue weighted by atomic mass is 32.2. The van der Waals surface area contributed by atoms with Gasteiger partial charge < -0.3 is 4.74 Å². The van der Waals surface area contributed by atoms with Crippen molar-refractivity contribution in [2.24, 2.45) is 5.92 Å². The van der Waals surface area contributed by atoms with Gasteiger partial charge in [0.25, 0.3) is 0 Å².